The van der Waals surface area contributed by atoms with Crippen LogP contribution in [-0.4, -0.2) is 36.0 Å². The number of hydrogen-bond donors (Lipinski definition) is 1. The number of carbonyl (C=O) groups is 1. The van der Waals surface area contributed by atoms with Crippen LogP contribution in [0.1, 0.15) is 26.7 Å². The van der Waals surface area contributed by atoms with Crippen molar-refractivity contribution in [3.8, 4) is 0 Å². The predicted octanol–water partition coefficient (Wildman–Crippen LogP) is 1.16. The van der Waals surface area contributed by atoms with Crippen molar-refractivity contribution >= 4 is 5.91 Å². The smallest absolute Gasteiger partial charge is 0.223 e. The van der Waals surface area contributed by atoms with E-state index in [1.165, 1.54) is 0 Å². The molecule has 0 radical (unpaired) electrons. The van der Waals surface area contributed by atoms with E-state index < -0.39 is 0 Å². The highest BCUT2D eigenvalue weighted by Crippen LogP contribution is 2.12. The standard InChI is InChI=1S/C11H20N2O/c1-4-5-6-11(14)13-9(2)7-12-8-10(13)3/h4,9-10,12H,1,5-8H2,2-3H3. The minimum Gasteiger partial charge on any atom is -0.335 e. The van der Waals surface area contributed by atoms with Gasteiger partial charge in [0.15, 0.2) is 0 Å². The summed E-state index contributed by atoms with van der Waals surface area (Å²) >= 11 is 0. The van der Waals surface area contributed by atoms with Gasteiger partial charge < -0.3 is 10.2 Å². The van der Waals surface area contributed by atoms with Gasteiger partial charge in [0.2, 0.25) is 5.91 Å². The maximum atomic E-state index is 11.8. The van der Waals surface area contributed by atoms with Gasteiger partial charge in [-0.1, -0.05) is 6.08 Å². The fourth-order valence-corrected chi connectivity index (χ4v) is 1.98. The molecule has 0 spiro atoms. The summed E-state index contributed by atoms with van der Waals surface area (Å²) in [5, 5.41) is 3.31. The molecule has 80 valence electrons. The third-order valence-electron chi connectivity index (χ3n) is 2.68. The quantitative estimate of drug-likeness (QED) is 0.687. The predicted molar refractivity (Wildman–Crippen MR) is 58.1 cm³/mol. The van der Waals surface area contributed by atoms with E-state index in [2.05, 4.69) is 25.7 Å². The van der Waals surface area contributed by atoms with E-state index in [1.807, 2.05) is 4.90 Å². The average molecular weight is 196 g/mol. The minimum absolute atomic E-state index is 0.256. The van der Waals surface area contributed by atoms with E-state index >= 15 is 0 Å². The number of nitrogens with zero attached hydrogens (tertiary/aromatic N) is 1. The van der Waals surface area contributed by atoms with Crippen molar-refractivity contribution in [1.82, 2.24) is 10.2 Å². The first-order chi connectivity index (χ1) is 6.66. The van der Waals surface area contributed by atoms with Crippen LogP contribution in [0.5, 0.6) is 0 Å². The maximum Gasteiger partial charge on any atom is 0.223 e. The second kappa shape index (κ2) is 5.15. The van der Waals surface area contributed by atoms with E-state index in [9.17, 15) is 4.79 Å². The van der Waals surface area contributed by atoms with Crippen LogP contribution in [0, 0.1) is 0 Å². The lowest BCUT2D eigenvalue weighted by atomic mass is 10.1. The maximum absolute atomic E-state index is 11.8. The molecular formula is C11H20N2O. The monoisotopic (exact) mass is 196 g/mol. The molecule has 0 saturated carbocycles. The molecule has 1 rings (SSSR count). The van der Waals surface area contributed by atoms with Gasteiger partial charge in [0.1, 0.15) is 0 Å². The summed E-state index contributed by atoms with van der Waals surface area (Å²) in [7, 11) is 0. The lowest BCUT2D eigenvalue weighted by molar-refractivity contribution is -0.136. The van der Waals surface area contributed by atoms with Gasteiger partial charge in [-0.05, 0) is 20.3 Å². The van der Waals surface area contributed by atoms with Crippen LogP contribution < -0.4 is 5.32 Å². The minimum atomic E-state index is 0.256. The fraction of sp³-hybridized carbons (Fsp3) is 0.727. The van der Waals surface area contributed by atoms with Gasteiger partial charge in [0.25, 0.3) is 0 Å². The van der Waals surface area contributed by atoms with E-state index in [0.717, 1.165) is 19.5 Å². The van der Waals surface area contributed by atoms with Gasteiger partial charge in [0.05, 0.1) is 0 Å². The van der Waals surface area contributed by atoms with E-state index in [0.29, 0.717) is 18.5 Å². The van der Waals surface area contributed by atoms with E-state index in [-0.39, 0.29) is 5.91 Å². The highest BCUT2D eigenvalue weighted by Gasteiger charge is 2.27. The zero-order chi connectivity index (χ0) is 10.6. The highest BCUT2D eigenvalue weighted by atomic mass is 16.2. The lowest BCUT2D eigenvalue weighted by Crippen LogP contribution is -2.57. The molecule has 1 saturated heterocycles. The molecule has 2 unspecified atom stereocenters. The molecule has 14 heavy (non-hydrogen) atoms. The summed E-state index contributed by atoms with van der Waals surface area (Å²) < 4.78 is 0. The SMILES string of the molecule is C=CCCC(=O)N1C(C)CNCC1C. The number of carbonyl (C=O) groups excluding carboxylic acids is 1. The normalized spacial score (nSPS) is 27.4. The molecule has 1 heterocycles. The Hall–Kier alpha value is -0.830. The van der Waals surface area contributed by atoms with Crippen LogP contribution in [0.2, 0.25) is 0 Å². The molecule has 0 aliphatic carbocycles. The molecule has 1 fully saturated rings. The summed E-state index contributed by atoms with van der Waals surface area (Å²) in [5.41, 5.74) is 0. The number of allylic oxidation sites excluding steroid dienone is 1. The first-order valence-corrected chi connectivity index (χ1v) is 5.29. The van der Waals surface area contributed by atoms with Crippen molar-refractivity contribution < 1.29 is 4.79 Å². The third kappa shape index (κ3) is 2.58. The molecule has 0 aromatic heterocycles. The number of nitrogens with one attached hydrogen (secondary N) is 1. The van der Waals surface area contributed by atoms with Crippen LogP contribution in [0.3, 0.4) is 0 Å². The van der Waals surface area contributed by atoms with Crippen LogP contribution >= 0.6 is 0 Å². The van der Waals surface area contributed by atoms with Crippen molar-refractivity contribution in [2.45, 2.75) is 38.8 Å². The zero-order valence-corrected chi connectivity index (χ0v) is 9.12. The lowest BCUT2D eigenvalue weighted by Gasteiger charge is -2.39. The molecule has 3 heteroatoms. The van der Waals surface area contributed by atoms with Gasteiger partial charge in [-0.3, -0.25) is 4.79 Å². The fourth-order valence-electron chi connectivity index (χ4n) is 1.98. The van der Waals surface area contributed by atoms with Crippen molar-refractivity contribution in [3.63, 3.8) is 0 Å². The van der Waals surface area contributed by atoms with Crippen LogP contribution in [0.25, 0.3) is 0 Å². The summed E-state index contributed by atoms with van der Waals surface area (Å²) in [6.45, 7) is 9.63. The largest absolute Gasteiger partial charge is 0.335 e. The highest BCUT2D eigenvalue weighted by molar-refractivity contribution is 5.77. The van der Waals surface area contributed by atoms with E-state index in [1.54, 1.807) is 6.08 Å². The second-order valence-corrected chi connectivity index (χ2v) is 3.98. The van der Waals surface area contributed by atoms with Crippen LogP contribution in [0.4, 0.5) is 0 Å². The molecule has 1 aliphatic heterocycles. The van der Waals surface area contributed by atoms with Crippen LogP contribution in [0.15, 0.2) is 12.7 Å². The molecule has 1 amide bonds. The van der Waals surface area contributed by atoms with Gasteiger partial charge in [0, 0.05) is 31.6 Å². The summed E-state index contributed by atoms with van der Waals surface area (Å²) in [6.07, 6.45) is 3.18. The average Bonchev–Trinajstić information content (AvgIpc) is 2.14. The van der Waals surface area contributed by atoms with Gasteiger partial charge in [-0.25, -0.2) is 0 Å². The van der Waals surface area contributed by atoms with Gasteiger partial charge in [-0.15, -0.1) is 6.58 Å². The zero-order valence-electron chi connectivity index (χ0n) is 9.12. The van der Waals surface area contributed by atoms with Crippen molar-refractivity contribution in [3.05, 3.63) is 12.7 Å². The Morgan fingerprint density at radius 1 is 1.50 bits per heavy atom. The molecule has 1 aliphatic rings. The topological polar surface area (TPSA) is 32.3 Å². The first kappa shape index (κ1) is 11.2. The molecule has 1 N–H and O–H groups in total. The Bertz CT molecular complexity index is 205. The van der Waals surface area contributed by atoms with Crippen molar-refractivity contribution in [2.75, 3.05) is 13.1 Å². The Morgan fingerprint density at radius 3 is 2.57 bits per heavy atom. The Kier molecular flexibility index (Phi) is 4.14. The van der Waals surface area contributed by atoms with Crippen LogP contribution in [-0.2, 0) is 4.79 Å². The molecule has 3 nitrogen and oxygen atoms in total. The Balaban J connectivity index is 2.53. The summed E-state index contributed by atoms with van der Waals surface area (Å²) in [6, 6.07) is 0.632. The summed E-state index contributed by atoms with van der Waals surface area (Å²) in [5.74, 6) is 0.256. The van der Waals surface area contributed by atoms with Crippen molar-refractivity contribution in [2.24, 2.45) is 0 Å². The molecule has 0 aromatic rings. The van der Waals surface area contributed by atoms with E-state index in [4.69, 9.17) is 0 Å². The summed E-state index contributed by atoms with van der Waals surface area (Å²) in [4.78, 5) is 13.8. The van der Waals surface area contributed by atoms with Gasteiger partial charge >= 0.3 is 0 Å². The molecule has 0 bridgehead atoms. The molecule has 0 aromatic carbocycles. The second-order valence-electron chi connectivity index (χ2n) is 3.98. The number of hydrogen-bond acceptors (Lipinski definition) is 2. The molecule has 2 atom stereocenters. The third-order valence-corrected chi connectivity index (χ3v) is 2.68. The van der Waals surface area contributed by atoms with Crippen molar-refractivity contribution in [1.29, 1.82) is 0 Å². The Morgan fingerprint density at radius 2 is 2.07 bits per heavy atom. The Labute approximate surface area is 86.2 Å². The number of amides is 1. The number of piperazine rings is 1. The van der Waals surface area contributed by atoms with Gasteiger partial charge in [-0.2, -0.15) is 0 Å². The first-order valence-electron chi connectivity index (χ1n) is 5.29. The number of rotatable bonds is 3. The molecular weight excluding hydrogens is 176 g/mol.